The second-order valence-electron chi connectivity index (χ2n) is 8.63. The van der Waals surface area contributed by atoms with Gasteiger partial charge in [0.1, 0.15) is 18.4 Å². The minimum absolute atomic E-state index is 0.122. The van der Waals surface area contributed by atoms with Crippen molar-refractivity contribution in [1.29, 1.82) is 0 Å². The fraction of sp³-hybridized carbons (Fsp3) is 0.400. The molecule has 0 radical (unpaired) electrons. The minimum Gasteiger partial charge on any atom is -0.485 e. The molecular weight excluding hydrogens is 468 g/mol. The van der Waals surface area contributed by atoms with Gasteiger partial charge in [-0.1, -0.05) is 12.1 Å². The molecule has 1 aromatic carbocycles. The number of amides is 3. The van der Waals surface area contributed by atoms with E-state index in [1.807, 2.05) is 18.2 Å². The molecule has 0 aliphatic carbocycles. The van der Waals surface area contributed by atoms with Crippen LogP contribution in [0.3, 0.4) is 0 Å². The maximum Gasteiger partial charge on any atom is 0.338 e. The Bertz CT molecular complexity index is 1150. The van der Waals surface area contributed by atoms with Crippen LogP contribution in [0.2, 0.25) is 0 Å². The van der Waals surface area contributed by atoms with Crippen LogP contribution in [0.4, 0.5) is 4.79 Å². The van der Waals surface area contributed by atoms with Gasteiger partial charge >= 0.3 is 12.0 Å². The average Bonchev–Trinajstić information content (AvgIpc) is 3.43. The van der Waals surface area contributed by atoms with Crippen LogP contribution >= 0.6 is 0 Å². The van der Waals surface area contributed by atoms with Gasteiger partial charge in [0.05, 0.1) is 18.4 Å². The van der Waals surface area contributed by atoms with Gasteiger partial charge in [-0.05, 0) is 31.2 Å². The van der Waals surface area contributed by atoms with Crippen molar-refractivity contribution in [2.24, 2.45) is 0 Å². The van der Waals surface area contributed by atoms with Gasteiger partial charge in [-0.2, -0.15) is 0 Å². The number of piperazine rings is 1. The second kappa shape index (κ2) is 10.3. The van der Waals surface area contributed by atoms with Crippen LogP contribution in [-0.2, 0) is 14.3 Å². The number of fused-ring (bicyclic) bond motifs is 1. The molecule has 1 saturated heterocycles. The Morgan fingerprint density at radius 2 is 1.86 bits per heavy atom. The average molecular weight is 497 g/mol. The zero-order valence-electron chi connectivity index (χ0n) is 19.9. The summed E-state index contributed by atoms with van der Waals surface area (Å²) in [4.78, 5) is 42.1. The summed E-state index contributed by atoms with van der Waals surface area (Å²) >= 11 is 0. The Morgan fingerprint density at radius 3 is 2.58 bits per heavy atom. The van der Waals surface area contributed by atoms with E-state index in [0.717, 1.165) is 0 Å². The van der Waals surface area contributed by atoms with Crippen molar-refractivity contribution in [1.82, 2.24) is 20.4 Å². The van der Waals surface area contributed by atoms with Crippen LogP contribution < -0.4 is 20.1 Å². The fourth-order valence-electron chi connectivity index (χ4n) is 4.56. The van der Waals surface area contributed by atoms with Crippen molar-refractivity contribution in [2.75, 3.05) is 45.9 Å². The Morgan fingerprint density at radius 1 is 1.08 bits per heavy atom. The maximum atomic E-state index is 13.0. The molecule has 36 heavy (non-hydrogen) atoms. The second-order valence-corrected chi connectivity index (χ2v) is 8.63. The number of furan rings is 1. The smallest absolute Gasteiger partial charge is 0.338 e. The molecule has 2 N–H and O–H groups in total. The number of para-hydroxylation sites is 2. The number of esters is 1. The fourth-order valence-corrected chi connectivity index (χ4v) is 4.56. The van der Waals surface area contributed by atoms with E-state index in [0.29, 0.717) is 61.3 Å². The summed E-state index contributed by atoms with van der Waals surface area (Å²) in [7, 11) is 0. The van der Waals surface area contributed by atoms with E-state index < -0.39 is 24.1 Å². The molecule has 0 saturated carbocycles. The van der Waals surface area contributed by atoms with Crippen LogP contribution in [0.15, 0.2) is 58.3 Å². The van der Waals surface area contributed by atoms with E-state index in [4.69, 9.17) is 18.6 Å². The quantitative estimate of drug-likeness (QED) is 0.576. The number of urea groups is 1. The van der Waals surface area contributed by atoms with Gasteiger partial charge in [0, 0.05) is 38.4 Å². The Balaban J connectivity index is 1.25. The van der Waals surface area contributed by atoms with Gasteiger partial charge in [-0.15, -0.1) is 0 Å². The Hall–Kier alpha value is -3.99. The summed E-state index contributed by atoms with van der Waals surface area (Å²) in [6.45, 7) is 4.49. The molecule has 5 rings (SSSR count). The van der Waals surface area contributed by atoms with Gasteiger partial charge in [-0.25, -0.2) is 9.59 Å². The monoisotopic (exact) mass is 496 g/mol. The molecule has 1 fully saturated rings. The molecule has 2 aromatic rings. The summed E-state index contributed by atoms with van der Waals surface area (Å²) < 4.78 is 22.3. The van der Waals surface area contributed by atoms with Crippen LogP contribution in [0.1, 0.15) is 18.7 Å². The third-order valence-corrected chi connectivity index (χ3v) is 6.33. The van der Waals surface area contributed by atoms with E-state index in [2.05, 4.69) is 15.5 Å². The van der Waals surface area contributed by atoms with E-state index >= 15 is 0 Å². The first-order valence-corrected chi connectivity index (χ1v) is 11.9. The molecule has 0 bridgehead atoms. The highest BCUT2D eigenvalue weighted by atomic mass is 16.6. The molecule has 2 atom stereocenters. The summed E-state index contributed by atoms with van der Waals surface area (Å²) in [6, 6.07) is 9.50. The molecule has 1 aromatic heterocycles. The lowest BCUT2D eigenvalue weighted by Gasteiger charge is -2.38. The number of carbonyl (C=O) groups is 3. The number of ether oxygens (including phenoxy) is 3. The SMILES string of the molecule is CCOC(=O)C1=C(CN2CCN(C(=O)C3COc4ccccc4O3)CC2)NC(=O)NC1c1ccco1. The van der Waals surface area contributed by atoms with Gasteiger partial charge < -0.3 is 34.2 Å². The summed E-state index contributed by atoms with van der Waals surface area (Å²) in [5.74, 6) is 0.992. The van der Waals surface area contributed by atoms with Crippen LogP contribution in [0.5, 0.6) is 11.5 Å². The van der Waals surface area contributed by atoms with Gasteiger partial charge in [0.2, 0.25) is 6.10 Å². The number of nitrogens with one attached hydrogen (secondary N) is 2. The Kier molecular flexibility index (Phi) is 6.81. The maximum absolute atomic E-state index is 13.0. The number of nitrogens with zero attached hydrogens (tertiary/aromatic N) is 2. The first kappa shape index (κ1) is 23.7. The summed E-state index contributed by atoms with van der Waals surface area (Å²) in [6.07, 6.45) is 0.796. The standard InChI is InChI=1S/C25H28N4O7/c1-2-33-24(31)21-16(26-25(32)27-22(21)19-8-5-13-34-19)14-28-9-11-29(12-10-28)23(30)20-15-35-17-6-3-4-7-18(17)36-20/h3-8,13,20,22H,2,9-12,14-15H2,1H3,(H2,26,27,32). The first-order valence-electron chi connectivity index (χ1n) is 11.9. The minimum atomic E-state index is -0.753. The normalized spacial score (nSPS) is 22.0. The van der Waals surface area contributed by atoms with Crippen molar-refractivity contribution < 1.29 is 33.0 Å². The summed E-state index contributed by atoms with van der Waals surface area (Å²) in [5, 5.41) is 5.51. The predicted octanol–water partition coefficient (Wildman–Crippen LogP) is 1.43. The van der Waals surface area contributed by atoms with Crippen LogP contribution in [0.25, 0.3) is 0 Å². The molecular formula is C25H28N4O7. The van der Waals surface area contributed by atoms with E-state index in [9.17, 15) is 14.4 Å². The van der Waals surface area contributed by atoms with Crippen molar-refractivity contribution in [2.45, 2.75) is 19.1 Å². The van der Waals surface area contributed by atoms with Crippen LogP contribution in [0, 0.1) is 0 Å². The van der Waals surface area contributed by atoms with Crippen LogP contribution in [-0.4, -0.2) is 79.7 Å². The molecule has 2 unspecified atom stereocenters. The molecule has 3 aliphatic rings. The Labute approximate surface area is 207 Å². The number of hydrogen-bond acceptors (Lipinski definition) is 8. The number of carbonyl (C=O) groups excluding carboxylic acids is 3. The van der Waals surface area contributed by atoms with E-state index in [1.54, 1.807) is 30.0 Å². The number of benzene rings is 1. The molecule has 3 aliphatic heterocycles. The van der Waals surface area contributed by atoms with Crippen molar-refractivity contribution in [3.05, 3.63) is 59.7 Å². The zero-order chi connectivity index (χ0) is 25.1. The highest BCUT2D eigenvalue weighted by molar-refractivity contribution is 5.95. The lowest BCUT2D eigenvalue weighted by molar-refractivity contribution is -0.143. The van der Waals surface area contributed by atoms with Crippen molar-refractivity contribution >= 4 is 17.9 Å². The summed E-state index contributed by atoms with van der Waals surface area (Å²) in [5.41, 5.74) is 0.760. The lowest BCUT2D eigenvalue weighted by Crippen LogP contribution is -2.55. The molecule has 11 heteroatoms. The van der Waals surface area contributed by atoms with Crippen molar-refractivity contribution in [3.63, 3.8) is 0 Å². The van der Waals surface area contributed by atoms with Crippen molar-refractivity contribution in [3.8, 4) is 11.5 Å². The van der Waals surface area contributed by atoms with E-state index in [1.165, 1.54) is 6.26 Å². The molecule has 190 valence electrons. The third-order valence-electron chi connectivity index (χ3n) is 6.33. The first-order chi connectivity index (χ1) is 17.5. The largest absolute Gasteiger partial charge is 0.485 e. The zero-order valence-corrected chi connectivity index (χ0v) is 19.9. The topological polar surface area (TPSA) is 123 Å². The number of rotatable bonds is 6. The van der Waals surface area contributed by atoms with E-state index in [-0.39, 0.29) is 19.1 Å². The lowest BCUT2D eigenvalue weighted by atomic mass is 9.99. The molecule has 11 nitrogen and oxygen atoms in total. The molecule has 4 heterocycles. The third kappa shape index (κ3) is 4.87. The van der Waals surface area contributed by atoms with Gasteiger partial charge in [-0.3, -0.25) is 9.69 Å². The predicted molar refractivity (Wildman–Crippen MR) is 126 cm³/mol. The highest BCUT2D eigenvalue weighted by Crippen LogP contribution is 2.32. The van der Waals surface area contributed by atoms with Gasteiger partial charge in [0.25, 0.3) is 5.91 Å². The molecule has 0 spiro atoms. The number of hydrogen-bond donors (Lipinski definition) is 2. The highest BCUT2D eigenvalue weighted by Gasteiger charge is 2.37. The molecule has 3 amide bonds. The van der Waals surface area contributed by atoms with Gasteiger partial charge in [0.15, 0.2) is 11.5 Å².